The van der Waals surface area contributed by atoms with Gasteiger partial charge in [0, 0.05) is 32.2 Å². The Bertz CT molecular complexity index is 918. The summed E-state index contributed by atoms with van der Waals surface area (Å²) in [5.41, 5.74) is 4.29. The lowest BCUT2D eigenvalue weighted by atomic mass is 10.00. The maximum absolute atomic E-state index is 13.9. The largest absolute Gasteiger partial charge is 0.467 e. The number of nitrogens with one attached hydrogen (secondary N) is 1. The van der Waals surface area contributed by atoms with Crippen molar-refractivity contribution in [2.24, 2.45) is 4.99 Å². The molecule has 0 aliphatic carbocycles. The van der Waals surface area contributed by atoms with Gasteiger partial charge < -0.3 is 19.7 Å². The van der Waals surface area contributed by atoms with Crippen LogP contribution in [0.25, 0.3) is 5.57 Å². The van der Waals surface area contributed by atoms with Gasteiger partial charge in [0.15, 0.2) is 12.8 Å². The van der Waals surface area contributed by atoms with Crippen LogP contribution < -0.4 is 10.1 Å². The lowest BCUT2D eigenvalue weighted by Crippen LogP contribution is -2.44. The fraction of sp³-hybridized carbons (Fsp3) is 0.348. The van der Waals surface area contributed by atoms with E-state index < -0.39 is 0 Å². The van der Waals surface area contributed by atoms with Crippen LogP contribution in [-0.4, -0.2) is 44.3 Å². The summed E-state index contributed by atoms with van der Waals surface area (Å²) in [5, 5.41) is 3.41. The van der Waals surface area contributed by atoms with Crippen molar-refractivity contribution in [3.63, 3.8) is 0 Å². The molecule has 160 valence electrons. The molecular weight excluding hydrogens is 496 g/mol. The second-order valence-electron chi connectivity index (χ2n) is 7.18. The van der Waals surface area contributed by atoms with Crippen molar-refractivity contribution in [2.45, 2.75) is 19.4 Å². The Balaban J connectivity index is 0.00000256. The summed E-state index contributed by atoms with van der Waals surface area (Å²) in [6.07, 6.45) is 3.90. The molecule has 4 rings (SSSR count). The van der Waals surface area contributed by atoms with Gasteiger partial charge >= 0.3 is 0 Å². The summed E-state index contributed by atoms with van der Waals surface area (Å²) in [7, 11) is 1.79. The molecule has 0 unspecified atom stereocenters. The van der Waals surface area contributed by atoms with Crippen LogP contribution in [0.3, 0.4) is 0 Å². The van der Waals surface area contributed by atoms with Gasteiger partial charge in [-0.2, -0.15) is 0 Å². The summed E-state index contributed by atoms with van der Waals surface area (Å²) in [6.45, 7) is 2.98. The highest BCUT2D eigenvalue weighted by Crippen LogP contribution is 2.29. The fourth-order valence-electron chi connectivity index (χ4n) is 3.86. The molecule has 0 bridgehead atoms. The van der Waals surface area contributed by atoms with Gasteiger partial charge in [-0.05, 0) is 41.7 Å². The highest BCUT2D eigenvalue weighted by Gasteiger charge is 2.18. The van der Waals surface area contributed by atoms with E-state index in [9.17, 15) is 4.39 Å². The van der Waals surface area contributed by atoms with E-state index in [4.69, 9.17) is 9.47 Å². The summed E-state index contributed by atoms with van der Waals surface area (Å²) < 4.78 is 24.8. The van der Waals surface area contributed by atoms with Crippen LogP contribution in [0.15, 0.2) is 53.5 Å². The third-order valence-electron chi connectivity index (χ3n) is 5.29. The molecule has 0 radical (unpaired) electrons. The molecule has 1 N–H and O–H groups in total. The Morgan fingerprint density at radius 2 is 2.07 bits per heavy atom. The monoisotopic (exact) mass is 523 g/mol. The minimum atomic E-state index is -0.258. The lowest BCUT2D eigenvalue weighted by Gasteiger charge is -2.30. The van der Waals surface area contributed by atoms with E-state index in [1.807, 2.05) is 6.07 Å². The smallest absolute Gasteiger partial charge is 0.193 e. The lowest BCUT2D eigenvalue weighted by molar-refractivity contribution is -0.0172. The molecule has 2 aromatic rings. The van der Waals surface area contributed by atoms with Crippen LogP contribution in [0, 0.1) is 5.82 Å². The van der Waals surface area contributed by atoms with Crippen LogP contribution in [-0.2, 0) is 17.8 Å². The van der Waals surface area contributed by atoms with Gasteiger partial charge in [0.05, 0.1) is 6.61 Å². The van der Waals surface area contributed by atoms with Crippen molar-refractivity contribution in [1.29, 1.82) is 0 Å². The highest BCUT2D eigenvalue weighted by atomic mass is 127. The van der Waals surface area contributed by atoms with Gasteiger partial charge in [-0.25, -0.2) is 4.39 Å². The first-order valence-corrected chi connectivity index (χ1v) is 9.96. The van der Waals surface area contributed by atoms with Crippen molar-refractivity contribution in [2.75, 3.05) is 33.5 Å². The molecule has 0 saturated carbocycles. The number of benzene rings is 2. The topological polar surface area (TPSA) is 46.1 Å². The van der Waals surface area contributed by atoms with Crippen molar-refractivity contribution in [1.82, 2.24) is 10.2 Å². The molecule has 30 heavy (non-hydrogen) atoms. The minimum absolute atomic E-state index is 0. The molecule has 0 fully saturated rings. The molecule has 2 heterocycles. The summed E-state index contributed by atoms with van der Waals surface area (Å²) in [4.78, 5) is 6.66. The molecular formula is C23H27FIN3O2. The van der Waals surface area contributed by atoms with Crippen molar-refractivity contribution < 1.29 is 13.9 Å². The second kappa shape index (κ2) is 10.8. The number of rotatable bonds is 4. The Labute approximate surface area is 194 Å². The number of nitrogens with zero attached hydrogens (tertiary/aromatic N) is 2. The maximum atomic E-state index is 13.9. The number of ether oxygens (including phenoxy) is 2. The molecule has 0 saturated heterocycles. The molecule has 7 heteroatoms. The third-order valence-corrected chi connectivity index (χ3v) is 5.29. The van der Waals surface area contributed by atoms with Crippen LogP contribution in [0.1, 0.15) is 23.1 Å². The predicted molar refractivity (Wildman–Crippen MR) is 128 cm³/mol. The Morgan fingerprint density at radius 3 is 2.80 bits per heavy atom. The number of halogens is 2. The van der Waals surface area contributed by atoms with E-state index in [-0.39, 0.29) is 36.6 Å². The quantitative estimate of drug-likeness (QED) is 0.371. The number of hydrogen-bond acceptors (Lipinski definition) is 3. The van der Waals surface area contributed by atoms with Crippen molar-refractivity contribution in [3.05, 3.63) is 71.0 Å². The van der Waals surface area contributed by atoms with E-state index in [0.29, 0.717) is 19.6 Å². The van der Waals surface area contributed by atoms with Crippen molar-refractivity contribution >= 4 is 35.5 Å². The first-order chi connectivity index (χ1) is 14.2. The Hall–Kier alpha value is -2.13. The van der Waals surface area contributed by atoms with Gasteiger partial charge in [-0.3, -0.25) is 4.99 Å². The zero-order chi connectivity index (χ0) is 20.1. The molecule has 0 aromatic heterocycles. The summed E-state index contributed by atoms with van der Waals surface area (Å²) in [6, 6.07) is 13.5. The van der Waals surface area contributed by atoms with Crippen LogP contribution in [0.2, 0.25) is 0 Å². The molecule has 2 aliphatic rings. The molecule has 2 aromatic carbocycles. The van der Waals surface area contributed by atoms with Gasteiger partial charge in [0.2, 0.25) is 0 Å². The van der Waals surface area contributed by atoms with Crippen molar-refractivity contribution in [3.8, 4) is 5.75 Å². The average molecular weight is 523 g/mol. The predicted octanol–water partition coefficient (Wildman–Crippen LogP) is 4.22. The number of fused-ring (bicyclic) bond motifs is 1. The van der Waals surface area contributed by atoms with Crippen LogP contribution in [0.5, 0.6) is 5.75 Å². The fourth-order valence-corrected chi connectivity index (χ4v) is 3.86. The second-order valence-corrected chi connectivity index (χ2v) is 7.18. The van der Waals surface area contributed by atoms with Crippen LogP contribution >= 0.6 is 24.0 Å². The van der Waals surface area contributed by atoms with Gasteiger partial charge in [0.1, 0.15) is 11.6 Å². The number of guanidine groups is 1. The normalized spacial score (nSPS) is 16.1. The standard InChI is InChI=1S/C23H26FN3O2.HI/c1-25-23(27-11-8-18(9-12-27)17-5-3-2-4-6-17)26-10-7-19-13-21(24)14-20-15-28-16-29-22(19)20;/h2-6,8,13-14H,7,9-12,15-16H2,1H3,(H,25,26);1H. The van der Waals surface area contributed by atoms with E-state index in [1.54, 1.807) is 13.1 Å². The summed E-state index contributed by atoms with van der Waals surface area (Å²) in [5.74, 6) is 1.36. The summed E-state index contributed by atoms with van der Waals surface area (Å²) >= 11 is 0. The zero-order valence-corrected chi connectivity index (χ0v) is 19.4. The number of hydrogen-bond donors (Lipinski definition) is 1. The Kier molecular flexibility index (Phi) is 8.09. The van der Waals surface area contributed by atoms with Gasteiger partial charge in [-0.15, -0.1) is 24.0 Å². The SMILES string of the molecule is CN=C(NCCc1cc(F)cc2c1OCOC2)N1CC=C(c2ccccc2)CC1.I. The van der Waals surface area contributed by atoms with Crippen LogP contribution in [0.4, 0.5) is 4.39 Å². The molecule has 0 amide bonds. The van der Waals surface area contributed by atoms with Gasteiger partial charge in [0.25, 0.3) is 0 Å². The maximum Gasteiger partial charge on any atom is 0.193 e. The molecule has 2 aliphatic heterocycles. The first-order valence-electron chi connectivity index (χ1n) is 9.96. The van der Waals surface area contributed by atoms with E-state index >= 15 is 0 Å². The average Bonchev–Trinajstić information content (AvgIpc) is 2.77. The van der Waals surface area contributed by atoms with E-state index in [0.717, 1.165) is 42.3 Å². The first kappa shape index (κ1) is 22.6. The molecule has 5 nitrogen and oxygen atoms in total. The molecule has 0 spiro atoms. The molecule has 0 atom stereocenters. The van der Waals surface area contributed by atoms with E-state index in [1.165, 1.54) is 17.2 Å². The Morgan fingerprint density at radius 1 is 1.23 bits per heavy atom. The zero-order valence-electron chi connectivity index (χ0n) is 17.1. The van der Waals surface area contributed by atoms with Gasteiger partial charge in [-0.1, -0.05) is 36.4 Å². The third kappa shape index (κ3) is 5.31. The minimum Gasteiger partial charge on any atom is -0.467 e. The van der Waals surface area contributed by atoms with E-state index in [2.05, 4.69) is 45.6 Å². The highest BCUT2D eigenvalue weighted by molar-refractivity contribution is 14.0. The number of aliphatic imine (C=N–C) groups is 1.